The Hall–Kier alpha value is -4.68. The molecule has 0 saturated heterocycles. The highest BCUT2D eigenvalue weighted by molar-refractivity contribution is 5.70. The molecule has 6 unspecified atom stereocenters. The third-order valence-electron chi connectivity index (χ3n) is 7.23. The summed E-state index contributed by atoms with van der Waals surface area (Å²) < 4.78 is 21.5. The molecular weight excluding hydrogens is 656 g/mol. The minimum absolute atomic E-state index is 0.0438. The minimum Gasteiger partial charge on any atom is -0.481 e. The van der Waals surface area contributed by atoms with E-state index in [1.165, 1.54) is 13.8 Å². The van der Waals surface area contributed by atoms with Crippen LogP contribution in [0.15, 0.2) is 30.4 Å². The number of esters is 2. The zero-order valence-electron chi connectivity index (χ0n) is 29.8. The second kappa shape index (κ2) is 22.1. The molecule has 0 aromatic carbocycles. The van der Waals surface area contributed by atoms with Crippen molar-refractivity contribution in [1.82, 2.24) is 0 Å². The van der Waals surface area contributed by atoms with Crippen molar-refractivity contribution in [2.45, 2.75) is 141 Å². The average molecular weight is 707 g/mol. The van der Waals surface area contributed by atoms with Gasteiger partial charge in [0.15, 0.2) is 35.0 Å². The Morgan fingerprint density at radius 3 is 1.34 bits per heavy atom. The fraction of sp³-hybridized carbons (Fsp3) is 0.750. The summed E-state index contributed by atoms with van der Waals surface area (Å²) in [6, 6.07) is 3.85. The highest BCUT2D eigenvalue weighted by Gasteiger charge is 2.30. The average Bonchev–Trinajstić information content (AvgIpc) is 3.07. The van der Waals surface area contributed by atoms with Crippen LogP contribution in [-0.4, -0.2) is 95.7 Å². The molecule has 0 aliphatic heterocycles. The molecule has 0 aliphatic carbocycles. The molecule has 0 spiro atoms. The summed E-state index contributed by atoms with van der Waals surface area (Å²) in [5.41, 5.74) is -5.18. The summed E-state index contributed by atoms with van der Waals surface area (Å²) in [4.78, 5) is 54.2. The summed E-state index contributed by atoms with van der Waals surface area (Å²) in [5.74, 6) is -3.27. The van der Waals surface area contributed by atoms with Crippen LogP contribution in [0, 0.1) is 22.7 Å². The molecule has 0 bridgehead atoms. The summed E-state index contributed by atoms with van der Waals surface area (Å²) >= 11 is 0. The first-order valence-corrected chi connectivity index (χ1v) is 16.0. The maximum Gasteiger partial charge on any atom is 0.308 e. The van der Waals surface area contributed by atoms with Gasteiger partial charge >= 0.3 is 23.9 Å². The Morgan fingerprint density at radius 1 is 0.640 bits per heavy atom. The first kappa shape index (κ1) is 45.3. The van der Waals surface area contributed by atoms with Gasteiger partial charge in [-0.1, -0.05) is 0 Å². The standard InChI is InChI=1S/C32H50N8O10/c1-23(49-27(45)13-16-30(4,22-34)38-37-29(3,21-33)15-11-25(41)42)47-19-9-10-20-48-24(2)50-28(46)14-18-32(6,36-8)40-39-31(5,35-7)17-12-26(43)44/h23-24H,7-20H2,1-6H3,(H,41,42)(H,43,44)/b38-37-,40-39-. The van der Waals surface area contributed by atoms with Crippen molar-refractivity contribution in [2.24, 2.45) is 30.4 Å². The molecule has 0 aromatic rings. The number of hydrogen-bond donors (Lipinski definition) is 2. The van der Waals surface area contributed by atoms with Crippen LogP contribution < -0.4 is 0 Å². The van der Waals surface area contributed by atoms with Crippen LogP contribution in [0.2, 0.25) is 0 Å². The minimum atomic E-state index is -1.43. The molecular formula is C32H50N8O10. The van der Waals surface area contributed by atoms with Crippen molar-refractivity contribution in [1.29, 1.82) is 10.5 Å². The molecule has 0 radical (unpaired) electrons. The van der Waals surface area contributed by atoms with Crippen molar-refractivity contribution in [3.05, 3.63) is 0 Å². The zero-order valence-corrected chi connectivity index (χ0v) is 29.8. The number of carbonyl (C=O) groups is 4. The maximum absolute atomic E-state index is 12.3. The molecule has 0 saturated carbocycles. The Bertz CT molecular complexity index is 1310. The number of unbranched alkanes of at least 4 members (excludes halogenated alkanes) is 1. The van der Waals surface area contributed by atoms with Crippen molar-refractivity contribution >= 4 is 37.3 Å². The van der Waals surface area contributed by atoms with Gasteiger partial charge in [0.05, 0.1) is 25.4 Å². The fourth-order valence-electron chi connectivity index (χ4n) is 3.65. The lowest BCUT2D eigenvalue weighted by atomic mass is 9.97. The molecule has 50 heavy (non-hydrogen) atoms. The normalized spacial score (nSPS) is 17.4. The molecule has 0 heterocycles. The van der Waals surface area contributed by atoms with Gasteiger partial charge in [-0.05, 0) is 80.7 Å². The Balaban J connectivity index is 4.49. The summed E-state index contributed by atoms with van der Waals surface area (Å²) in [7, 11) is 0. The lowest BCUT2D eigenvalue weighted by molar-refractivity contribution is -0.179. The van der Waals surface area contributed by atoms with Crippen LogP contribution in [0.25, 0.3) is 0 Å². The van der Waals surface area contributed by atoms with Gasteiger partial charge in [-0.2, -0.15) is 31.0 Å². The summed E-state index contributed by atoms with van der Waals surface area (Å²) in [6.07, 6.45) is -1.20. The first-order valence-electron chi connectivity index (χ1n) is 16.0. The lowest BCUT2D eigenvalue weighted by Crippen LogP contribution is -2.26. The number of ether oxygens (including phenoxy) is 4. The van der Waals surface area contributed by atoms with Gasteiger partial charge in [0.2, 0.25) is 0 Å². The molecule has 0 fully saturated rings. The molecule has 0 amide bonds. The number of nitrogens with zero attached hydrogens (tertiary/aromatic N) is 8. The predicted molar refractivity (Wildman–Crippen MR) is 178 cm³/mol. The molecule has 18 heteroatoms. The van der Waals surface area contributed by atoms with E-state index >= 15 is 0 Å². The fourth-order valence-corrected chi connectivity index (χ4v) is 3.65. The second-order valence-electron chi connectivity index (χ2n) is 12.3. The van der Waals surface area contributed by atoms with Gasteiger partial charge in [-0.3, -0.25) is 29.2 Å². The van der Waals surface area contributed by atoms with E-state index in [9.17, 15) is 29.7 Å². The first-order chi connectivity index (χ1) is 23.3. The third kappa shape index (κ3) is 20.0. The number of azo groups is 2. The molecule has 278 valence electrons. The van der Waals surface area contributed by atoms with Crippen LogP contribution in [0.1, 0.15) is 106 Å². The van der Waals surface area contributed by atoms with Crippen molar-refractivity contribution in [3.63, 3.8) is 0 Å². The lowest BCUT2D eigenvalue weighted by Gasteiger charge is -2.23. The summed E-state index contributed by atoms with van der Waals surface area (Å²) in [6.45, 7) is 16.6. The van der Waals surface area contributed by atoms with Crippen molar-refractivity contribution in [2.75, 3.05) is 13.2 Å². The predicted octanol–water partition coefficient (Wildman–Crippen LogP) is 5.17. The van der Waals surface area contributed by atoms with Crippen LogP contribution in [0.3, 0.4) is 0 Å². The third-order valence-corrected chi connectivity index (χ3v) is 7.23. The van der Waals surface area contributed by atoms with E-state index in [-0.39, 0.29) is 64.6 Å². The van der Waals surface area contributed by atoms with E-state index < -0.39 is 58.9 Å². The van der Waals surface area contributed by atoms with E-state index in [1.54, 1.807) is 27.7 Å². The number of carboxylic acids is 2. The van der Waals surface area contributed by atoms with Gasteiger partial charge in [0.1, 0.15) is 0 Å². The van der Waals surface area contributed by atoms with Crippen LogP contribution in [0.5, 0.6) is 0 Å². The maximum atomic E-state index is 12.3. The molecule has 0 aliphatic rings. The zero-order chi connectivity index (χ0) is 38.4. The van der Waals surface area contributed by atoms with Gasteiger partial charge < -0.3 is 29.2 Å². The number of carbonyl (C=O) groups excluding carboxylic acids is 2. The van der Waals surface area contributed by atoms with Crippen molar-refractivity contribution in [3.8, 4) is 12.1 Å². The highest BCUT2D eigenvalue weighted by Crippen LogP contribution is 2.26. The van der Waals surface area contributed by atoms with E-state index in [0.717, 1.165) is 0 Å². The number of rotatable bonds is 27. The second-order valence-corrected chi connectivity index (χ2v) is 12.3. The molecule has 6 atom stereocenters. The van der Waals surface area contributed by atoms with E-state index in [1.807, 2.05) is 12.1 Å². The Labute approximate surface area is 292 Å². The monoisotopic (exact) mass is 706 g/mol. The largest absolute Gasteiger partial charge is 0.481 e. The molecule has 18 nitrogen and oxygen atoms in total. The molecule has 2 N–H and O–H groups in total. The quantitative estimate of drug-likeness (QED) is 0.0368. The number of aliphatic carboxylic acids is 2. The SMILES string of the molecule is C=NC(C)(CCC(=O)O)/N=N\C(C)(CCC(=O)OC(C)OCCCCOC(C)OC(=O)CCC(C)(C#N)/N=N\C(C)(C#N)CCC(=O)O)N=C. The number of carboxylic acid groups (broad SMARTS) is 2. The van der Waals surface area contributed by atoms with Crippen LogP contribution in [0.4, 0.5) is 0 Å². The Kier molecular flexibility index (Phi) is 20.0. The van der Waals surface area contributed by atoms with Gasteiger partial charge in [0, 0.05) is 38.5 Å². The van der Waals surface area contributed by atoms with Crippen LogP contribution in [-0.2, 0) is 38.1 Å². The van der Waals surface area contributed by atoms with Crippen molar-refractivity contribution < 1.29 is 48.3 Å². The van der Waals surface area contributed by atoms with Crippen LogP contribution >= 0.6 is 0 Å². The smallest absolute Gasteiger partial charge is 0.308 e. The van der Waals surface area contributed by atoms with E-state index in [4.69, 9.17) is 29.2 Å². The highest BCUT2D eigenvalue weighted by atomic mass is 16.7. The van der Waals surface area contributed by atoms with Gasteiger partial charge in [-0.25, -0.2) is 0 Å². The van der Waals surface area contributed by atoms with E-state index in [0.29, 0.717) is 12.8 Å². The molecule has 0 aromatic heterocycles. The van der Waals surface area contributed by atoms with Gasteiger partial charge in [-0.15, -0.1) is 0 Å². The number of aliphatic imine (C=N–C) groups is 2. The summed E-state index contributed by atoms with van der Waals surface area (Å²) in [5, 5.41) is 52.8. The van der Waals surface area contributed by atoms with E-state index in [2.05, 4.69) is 43.9 Å². The van der Waals surface area contributed by atoms with Gasteiger partial charge in [0.25, 0.3) is 0 Å². The Morgan fingerprint density at radius 2 is 0.980 bits per heavy atom. The number of hydrogen-bond acceptors (Lipinski definition) is 16. The molecule has 0 rings (SSSR count). The topological polar surface area (TPSA) is 267 Å². The number of nitriles is 2.